The molecule has 1 aliphatic rings. The first kappa shape index (κ1) is 23.4. The van der Waals surface area contributed by atoms with Crippen LogP contribution in [-0.2, 0) is 11.2 Å². The van der Waals surface area contributed by atoms with Crippen LogP contribution in [-0.4, -0.2) is 36.5 Å². The van der Waals surface area contributed by atoms with Crippen molar-refractivity contribution in [2.45, 2.75) is 51.5 Å². The predicted octanol–water partition coefficient (Wildman–Crippen LogP) is 5.48. The van der Waals surface area contributed by atoms with Crippen LogP contribution in [0.5, 0.6) is 0 Å². The highest BCUT2D eigenvalue weighted by atomic mass is 35.5. The van der Waals surface area contributed by atoms with E-state index in [1.807, 2.05) is 12.1 Å². The van der Waals surface area contributed by atoms with Crippen molar-refractivity contribution in [1.29, 1.82) is 0 Å². The van der Waals surface area contributed by atoms with Gasteiger partial charge in [0, 0.05) is 32.1 Å². The molecule has 29 heavy (non-hydrogen) atoms. The van der Waals surface area contributed by atoms with Crippen molar-refractivity contribution in [3.05, 3.63) is 66.0 Å². The standard InChI is InChI=1S/C24H31FN2O.ClH/c1-2-3-13-24(28)27(23-12-8-7-11-22(23)25)21-15-18-26(19-16-21)17-14-20-9-5-4-6-10-20;/h4-12,21H,2-3,13-19H2,1H3;1H. The van der Waals surface area contributed by atoms with Gasteiger partial charge in [0.05, 0.1) is 5.69 Å². The fourth-order valence-electron chi connectivity index (χ4n) is 3.96. The highest BCUT2D eigenvalue weighted by Gasteiger charge is 2.30. The third-order valence-electron chi connectivity index (χ3n) is 5.61. The van der Waals surface area contributed by atoms with Gasteiger partial charge in [-0.3, -0.25) is 4.79 Å². The molecule has 158 valence electrons. The summed E-state index contributed by atoms with van der Waals surface area (Å²) in [5.41, 5.74) is 1.79. The normalized spacial score (nSPS) is 15.0. The highest BCUT2D eigenvalue weighted by Crippen LogP contribution is 2.27. The molecule has 0 saturated carbocycles. The lowest BCUT2D eigenvalue weighted by Gasteiger charge is -2.39. The minimum Gasteiger partial charge on any atom is -0.306 e. The van der Waals surface area contributed by atoms with E-state index in [4.69, 9.17) is 0 Å². The average molecular weight is 419 g/mol. The summed E-state index contributed by atoms with van der Waals surface area (Å²) in [5, 5.41) is 0. The Kier molecular flexibility index (Phi) is 9.62. The van der Waals surface area contributed by atoms with Crippen molar-refractivity contribution in [3.63, 3.8) is 0 Å². The number of carbonyl (C=O) groups is 1. The molecule has 2 aromatic carbocycles. The van der Waals surface area contributed by atoms with Crippen LogP contribution in [0.3, 0.4) is 0 Å². The number of rotatable bonds is 8. The Morgan fingerprint density at radius 3 is 2.38 bits per heavy atom. The number of benzene rings is 2. The van der Waals surface area contributed by atoms with Gasteiger partial charge in [0.2, 0.25) is 5.91 Å². The summed E-state index contributed by atoms with van der Waals surface area (Å²) < 4.78 is 14.5. The van der Waals surface area contributed by atoms with E-state index >= 15 is 0 Å². The van der Waals surface area contributed by atoms with Gasteiger partial charge < -0.3 is 9.80 Å². The number of hydrogen-bond donors (Lipinski definition) is 0. The Labute approximate surface area is 180 Å². The molecule has 0 unspecified atom stereocenters. The number of likely N-dealkylation sites (tertiary alicyclic amines) is 1. The molecule has 1 saturated heterocycles. The second-order valence-corrected chi connectivity index (χ2v) is 7.63. The van der Waals surface area contributed by atoms with Gasteiger partial charge in [0.15, 0.2) is 0 Å². The summed E-state index contributed by atoms with van der Waals surface area (Å²) in [5.74, 6) is -0.256. The van der Waals surface area contributed by atoms with Gasteiger partial charge in [-0.2, -0.15) is 0 Å². The second kappa shape index (κ2) is 11.9. The largest absolute Gasteiger partial charge is 0.306 e. The molecular formula is C24H32ClFN2O. The van der Waals surface area contributed by atoms with Gasteiger partial charge in [0.1, 0.15) is 5.82 Å². The molecule has 1 fully saturated rings. The van der Waals surface area contributed by atoms with Crippen LogP contribution >= 0.6 is 12.4 Å². The summed E-state index contributed by atoms with van der Waals surface area (Å²) in [7, 11) is 0. The SMILES string of the molecule is CCCCC(=O)N(c1ccccc1F)C1CCN(CCc2ccccc2)CC1.Cl. The molecule has 3 nitrogen and oxygen atoms in total. The molecule has 0 atom stereocenters. The number of unbranched alkanes of at least 4 members (excludes halogenated alkanes) is 1. The maximum atomic E-state index is 14.5. The van der Waals surface area contributed by atoms with Crippen LogP contribution in [0.2, 0.25) is 0 Å². The first-order chi connectivity index (χ1) is 13.7. The topological polar surface area (TPSA) is 23.6 Å². The maximum Gasteiger partial charge on any atom is 0.227 e. The number of nitrogens with zero attached hydrogens (tertiary/aromatic N) is 2. The number of piperidine rings is 1. The molecule has 0 N–H and O–H groups in total. The lowest BCUT2D eigenvalue weighted by atomic mass is 10.0. The molecule has 1 heterocycles. The van der Waals surface area contributed by atoms with E-state index in [1.54, 1.807) is 17.0 Å². The van der Waals surface area contributed by atoms with Gasteiger partial charge in [-0.25, -0.2) is 4.39 Å². The second-order valence-electron chi connectivity index (χ2n) is 7.63. The molecule has 0 aliphatic carbocycles. The number of hydrogen-bond acceptors (Lipinski definition) is 2. The number of amides is 1. The zero-order chi connectivity index (χ0) is 19.8. The molecule has 2 aromatic rings. The van der Waals surface area contributed by atoms with Crippen LogP contribution in [0.1, 0.15) is 44.6 Å². The summed E-state index contributed by atoms with van der Waals surface area (Å²) in [6, 6.07) is 17.3. The third kappa shape index (κ3) is 6.55. The van der Waals surface area contributed by atoms with Crippen LogP contribution in [0, 0.1) is 5.82 Å². The predicted molar refractivity (Wildman–Crippen MR) is 120 cm³/mol. The van der Waals surface area contributed by atoms with Crippen molar-refractivity contribution in [2.24, 2.45) is 0 Å². The Bertz CT molecular complexity index is 748. The smallest absolute Gasteiger partial charge is 0.227 e. The lowest BCUT2D eigenvalue weighted by molar-refractivity contribution is -0.119. The van der Waals surface area contributed by atoms with E-state index in [1.165, 1.54) is 11.6 Å². The minimum atomic E-state index is -0.307. The molecule has 0 bridgehead atoms. The van der Waals surface area contributed by atoms with Crippen molar-refractivity contribution >= 4 is 24.0 Å². The fraction of sp³-hybridized carbons (Fsp3) is 0.458. The van der Waals surface area contributed by atoms with E-state index in [9.17, 15) is 9.18 Å². The van der Waals surface area contributed by atoms with Crippen molar-refractivity contribution in [2.75, 3.05) is 24.5 Å². The summed E-state index contributed by atoms with van der Waals surface area (Å²) >= 11 is 0. The van der Waals surface area contributed by atoms with E-state index < -0.39 is 0 Å². The van der Waals surface area contributed by atoms with Crippen LogP contribution in [0.4, 0.5) is 10.1 Å². The van der Waals surface area contributed by atoms with Crippen molar-refractivity contribution in [1.82, 2.24) is 4.90 Å². The quantitative estimate of drug-likeness (QED) is 0.566. The minimum absolute atomic E-state index is 0. The lowest BCUT2D eigenvalue weighted by Crippen LogP contribution is -2.48. The highest BCUT2D eigenvalue weighted by molar-refractivity contribution is 5.94. The van der Waals surface area contributed by atoms with Crippen LogP contribution in [0.25, 0.3) is 0 Å². The zero-order valence-electron chi connectivity index (χ0n) is 17.2. The average Bonchev–Trinajstić information content (AvgIpc) is 2.74. The van der Waals surface area contributed by atoms with Crippen molar-refractivity contribution in [3.8, 4) is 0 Å². The first-order valence-electron chi connectivity index (χ1n) is 10.5. The van der Waals surface area contributed by atoms with Gasteiger partial charge in [-0.05, 0) is 43.4 Å². The van der Waals surface area contributed by atoms with E-state index in [0.717, 1.165) is 51.7 Å². The molecule has 0 spiro atoms. The number of anilines is 1. The molecule has 5 heteroatoms. The summed E-state index contributed by atoms with van der Waals surface area (Å²) in [6.45, 7) is 5.00. The Morgan fingerprint density at radius 2 is 1.72 bits per heavy atom. The Hall–Kier alpha value is -1.91. The molecule has 1 amide bonds. The van der Waals surface area contributed by atoms with E-state index in [-0.39, 0.29) is 30.2 Å². The van der Waals surface area contributed by atoms with Gasteiger partial charge >= 0.3 is 0 Å². The molecule has 0 aromatic heterocycles. The molecule has 0 radical (unpaired) electrons. The Morgan fingerprint density at radius 1 is 1.07 bits per heavy atom. The monoisotopic (exact) mass is 418 g/mol. The van der Waals surface area contributed by atoms with Crippen molar-refractivity contribution < 1.29 is 9.18 Å². The van der Waals surface area contributed by atoms with Gasteiger partial charge in [-0.15, -0.1) is 12.4 Å². The number of carbonyl (C=O) groups excluding carboxylic acids is 1. The summed E-state index contributed by atoms with van der Waals surface area (Å²) in [6.07, 6.45) is 5.12. The number of halogens is 2. The van der Waals surface area contributed by atoms with Crippen LogP contribution in [0.15, 0.2) is 54.6 Å². The Balaban J connectivity index is 0.00000300. The van der Waals surface area contributed by atoms with E-state index in [2.05, 4.69) is 36.1 Å². The maximum absolute atomic E-state index is 14.5. The third-order valence-corrected chi connectivity index (χ3v) is 5.61. The molecular weight excluding hydrogens is 387 g/mol. The summed E-state index contributed by atoms with van der Waals surface area (Å²) in [4.78, 5) is 17.1. The van der Waals surface area contributed by atoms with Gasteiger partial charge in [0.25, 0.3) is 0 Å². The zero-order valence-corrected chi connectivity index (χ0v) is 18.0. The fourth-order valence-corrected chi connectivity index (χ4v) is 3.96. The van der Waals surface area contributed by atoms with E-state index in [0.29, 0.717) is 12.1 Å². The molecule has 3 rings (SSSR count). The number of para-hydroxylation sites is 1. The first-order valence-corrected chi connectivity index (χ1v) is 10.5. The van der Waals surface area contributed by atoms with Gasteiger partial charge in [-0.1, -0.05) is 55.8 Å². The molecule has 1 aliphatic heterocycles. The van der Waals surface area contributed by atoms with Crippen LogP contribution < -0.4 is 4.90 Å².